The lowest BCUT2D eigenvalue weighted by Crippen LogP contribution is -2.41. The second-order valence-electron chi connectivity index (χ2n) is 5.14. The Morgan fingerprint density at radius 3 is 2.50 bits per heavy atom. The number of hydrogen-bond donors (Lipinski definition) is 1. The zero-order chi connectivity index (χ0) is 13.1. The van der Waals surface area contributed by atoms with Gasteiger partial charge in [-0.15, -0.1) is 0 Å². The fourth-order valence-corrected chi connectivity index (χ4v) is 2.41. The van der Waals surface area contributed by atoms with Gasteiger partial charge in [-0.1, -0.05) is 6.07 Å². The standard InChI is InChI=1S/C14H20F2N2/c1-10(11-3-4-13(15)14(16)9-11)17-12-5-7-18(2)8-6-12/h3-4,9-10,12,17H,5-8H2,1-2H3. The number of piperidine rings is 1. The molecule has 1 unspecified atom stereocenters. The highest BCUT2D eigenvalue weighted by Gasteiger charge is 2.19. The van der Waals surface area contributed by atoms with Crippen LogP contribution in [0.2, 0.25) is 0 Å². The van der Waals surface area contributed by atoms with Crippen LogP contribution in [0.25, 0.3) is 0 Å². The predicted molar refractivity (Wildman–Crippen MR) is 68.4 cm³/mol. The quantitative estimate of drug-likeness (QED) is 0.892. The van der Waals surface area contributed by atoms with Crippen LogP contribution in [-0.2, 0) is 0 Å². The van der Waals surface area contributed by atoms with Crippen molar-refractivity contribution in [2.45, 2.75) is 31.8 Å². The Kier molecular flexibility index (Phi) is 4.30. The molecule has 1 N–H and O–H groups in total. The number of benzene rings is 1. The molecule has 0 amide bonds. The van der Waals surface area contributed by atoms with E-state index < -0.39 is 11.6 Å². The average Bonchev–Trinajstić information content (AvgIpc) is 2.35. The number of likely N-dealkylation sites (tertiary alicyclic amines) is 1. The molecule has 0 spiro atoms. The Morgan fingerprint density at radius 1 is 1.22 bits per heavy atom. The van der Waals surface area contributed by atoms with Crippen molar-refractivity contribution in [1.82, 2.24) is 10.2 Å². The van der Waals surface area contributed by atoms with Crippen molar-refractivity contribution in [2.75, 3.05) is 20.1 Å². The molecule has 2 rings (SSSR count). The van der Waals surface area contributed by atoms with E-state index >= 15 is 0 Å². The minimum atomic E-state index is -0.787. The fraction of sp³-hybridized carbons (Fsp3) is 0.571. The molecule has 1 aliphatic heterocycles. The lowest BCUT2D eigenvalue weighted by molar-refractivity contribution is 0.226. The van der Waals surface area contributed by atoms with Gasteiger partial charge in [0.15, 0.2) is 11.6 Å². The Morgan fingerprint density at radius 2 is 1.89 bits per heavy atom. The third-order valence-corrected chi connectivity index (χ3v) is 3.65. The lowest BCUT2D eigenvalue weighted by atomic mass is 10.0. The van der Waals surface area contributed by atoms with Gasteiger partial charge in [-0.3, -0.25) is 0 Å². The first kappa shape index (κ1) is 13.4. The molecular formula is C14H20F2N2. The third-order valence-electron chi connectivity index (χ3n) is 3.65. The molecule has 0 aromatic heterocycles. The summed E-state index contributed by atoms with van der Waals surface area (Å²) in [6, 6.07) is 4.63. The molecule has 1 heterocycles. The molecule has 1 fully saturated rings. The molecule has 18 heavy (non-hydrogen) atoms. The van der Waals surface area contributed by atoms with Crippen molar-refractivity contribution in [2.24, 2.45) is 0 Å². The first-order valence-electron chi connectivity index (χ1n) is 6.46. The van der Waals surface area contributed by atoms with Crippen LogP contribution in [0.3, 0.4) is 0 Å². The van der Waals surface area contributed by atoms with E-state index in [0.717, 1.165) is 31.5 Å². The summed E-state index contributed by atoms with van der Waals surface area (Å²) in [5.41, 5.74) is 0.799. The van der Waals surface area contributed by atoms with Crippen molar-refractivity contribution in [1.29, 1.82) is 0 Å². The maximum Gasteiger partial charge on any atom is 0.159 e. The van der Waals surface area contributed by atoms with Gasteiger partial charge in [0.1, 0.15) is 0 Å². The van der Waals surface area contributed by atoms with Gasteiger partial charge in [0.25, 0.3) is 0 Å². The highest BCUT2D eigenvalue weighted by atomic mass is 19.2. The van der Waals surface area contributed by atoms with E-state index in [0.29, 0.717) is 6.04 Å². The van der Waals surface area contributed by atoms with Gasteiger partial charge < -0.3 is 10.2 Å². The van der Waals surface area contributed by atoms with Crippen LogP contribution in [0.1, 0.15) is 31.4 Å². The highest BCUT2D eigenvalue weighted by molar-refractivity contribution is 5.20. The first-order chi connectivity index (χ1) is 8.56. The van der Waals surface area contributed by atoms with E-state index in [9.17, 15) is 8.78 Å². The minimum Gasteiger partial charge on any atom is -0.307 e. The van der Waals surface area contributed by atoms with Crippen LogP contribution in [0.4, 0.5) is 8.78 Å². The molecule has 0 aliphatic carbocycles. The van der Waals surface area contributed by atoms with Crippen LogP contribution < -0.4 is 5.32 Å². The Hall–Kier alpha value is -1.00. The SMILES string of the molecule is CC(NC1CCN(C)CC1)c1ccc(F)c(F)c1. The number of nitrogens with one attached hydrogen (secondary N) is 1. The van der Waals surface area contributed by atoms with Crippen molar-refractivity contribution in [3.8, 4) is 0 Å². The maximum atomic E-state index is 13.2. The zero-order valence-corrected chi connectivity index (χ0v) is 10.9. The average molecular weight is 254 g/mol. The molecule has 1 aromatic carbocycles. The summed E-state index contributed by atoms with van der Waals surface area (Å²) in [5, 5.41) is 3.49. The third kappa shape index (κ3) is 3.27. The molecule has 1 aromatic rings. The van der Waals surface area contributed by atoms with Crippen molar-refractivity contribution >= 4 is 0 Å². The van der Waals surface area contributed by atoms with Gasteiger partial charge in [-0.25, -0.2) is 8.78 Å². The molecule has 1 atom stereocenters. The maximum absolute atomic E-state index is 13.2. The summed E-state index contributed by atoms with van der Waals surface area (Å²) in [4.78, 5) is 2.31. The van der Waals surface area contributed by atoms with Gasteiger partial charge in [-0.2, -0.15) is 0 Å². The van der Waals surface area contributed by atoms with Crippen LogP contribution >= 0.6 is 0 Å². The van der Waals surface area contributed by atoms with E-state index in [2.05, 4.69) is 17.3 Å². The normalized spacial score (nSPS) is 20.0. The van der Waals surface area contributed by atoms with Gasteiger partial charge >= 0.3 is 0 Å². The van der Waals surface area contributed by atoms with E-state index in [-0.39, 0.29) is 6.04 Å². The minimum absolute atomic E-state index is 0.0495. The summed E-state index contributed by atoms with van der Waals surface area (Å²) < 4.78 is 26.0. The zero-order valence-electron chi connectivity index (χ0n) is 10.9. The summed E-state index contributed by atoms with van der Waals surface area (Å²) in [7, 11) is 2.12. The Bertz CT molecular complexity index is 401. The van der Waals surface area contributed by atoms with Crippen LogP contribution in [0, 0.1) is 11.6 Å². The molecule has 1 aliphatic rings. The number of hydrogen-bond acceptors (Lipinski definition) is 2. The fourth-order valence-electron chi connectivity index (χ4n) is 2.41. The van der Waals surface area contributed by atoms with E-state index in [1.54, 1.807) is 6.07 Å². The van der Waals surface area contributed by atoms with E-state index in [4.69, 9.17) is 0 Å². The second kappa shape index (κ2) is 5.76. The van der Waals surface area contributed by atoms with E-state index in [1.165, 1.54) is 12.1 Å². The smallest absolute Gasteiger partial charge is 0.159 e. The van der Waals surface area contributed by atoms with Crippen LogP contribution in [-0.4, -0.2) is 31.1 Å². The molecule has 0 bridgehead atoms. The topological polar surface area (TPSA) is 15.3 Å². The van der Waals surface area contributed by atoms with Gasteiger partial charge in [0, 0.05) is 12.1 Å². The summed E-state index contributed by atoms with van der Waals surface area (Å²) in [5.74, 6) is -1.56. The number of halogens is 2. The number of rotatable bonds is 3. The van der Waals surface area contributed by atoms with Crippen LogP contribution in [0.15, 0.2) is 18.2 Å². The number of nitrogens with zero attached hydrogens (tertiary/aromatic N) is 1. The van der Waals surface area contributed by atoms with E-state index in [1.807, 2.05) is 6.92 Å². The summed E-state index contributed by atoms with van der Waals surface area (Å²) in [6.45, 7) is 4.16. The predicted octanol–water partition coefficient (Wildman–Crippen LogP) is 2.71. The molecule has 1 saturated heterocycles. The van der Waals surface area contributed by atoms with Crippen molar-refractivity contribution < 1.29 is 8.78 Å². The monoisotopic (exact) mass is 254 g/mol. The Balaban J connectivity index is 1.94. The first-order valence-corrected chi connectivity index (χ1v) is 6.46. The van der Waals surface area contributed by atoms with Gasteiger partial charge in [0.05, 0.1) is 0 Å². The molecule has 100 valence electrons. The lowest BCUT2D eigenvalue weighted by Gasteiger charge is -2.31. The van der Waals surface area contributed by atoms with Crippen molar-refractivity contribution in [3.63, 3.8) is 0 Å². The van der Waals surface area contributed by atoms with Crippen molar-refractivity contribution in [3.05, 3.63) is 35.4 Å². The van der Waals surface area contributed by atoms with Crippen LogP contribution in [0.5, 0.6) is 0 Å². The molecule has 0 saturated carbocycles. The Labute approximate surface area is 107 Å². The summed E-state index contributed by atoms with van der Waals surface area (Å²) in [6.07, 6.45) is 2.20. The molecular weight excluding hydrogens is 234 g/mol. The largest absolute Gasteiger partial charge is 0.307 e. The summed E-state index contributed by atoms with van der Waals surface area (Å²) >= 11 is 0. The molecule has 4 heteroatoms. The second-order valence-corrected chi connectivity index (χ2v) is 5.14. The highest BCUT2D eigenvalue weighted by Crippen LogP contribution is 2.19. The molecule has 2 nitrogen and oxygen atoms in total. The van der Waals surface area contributed by atoms with Gasteiger partial charge in [0.2, 0.25) is 0 Å². The van der Waals surface area contributed by atoms with Gasteiger partial charge in [-0.05, 0) is 57.6 Å². The molecule has 0 radical (unpaired) electrons.